The fourth-order valence-electron chi connectivity index (χ4n) is 3.07. The minimum atomic E-state index is 0.382. The van der Waals surface area contributed by atoms with Crippen LogP contribution in [0.15, 0.2) is 0 Å². The van der Waals surface area contributed by atoms with Crippen molar-refractivity contribution in [3.8, 4) is 6.01 Å². The highest BCUT2D eigenvalue weighted by atomic mass is 16.5. The Morgan fingerprint density at radius 1 is 1.24 bits per heavy atom. The average Bonchev–Trinajstić information content (AvgIpc) is 3.00. The van der Waals surface area contributed by atoms with Crippen LogP contribution in [-0.4, -0.2) is 65.7 Å². The Kier molecular flexibility index (Phi) is 4.38. The van der Waals surface area contributed by atoms with E-state index in [9.17, 15) is 0 Å². The molecule has 1 atom stereocenters. The molecule has 2 aliphatic rings. The summed E-state index contributed by atoms with van der Waals surface area (Å²) in [5, 5.41) is 3.22. The molecule has 2 saturated heterocycles. The number of hydrogen-bond donors (Lipinski definition) is 1. The average molecular weight is 292 g/mol. The maximum atomic E-state index is 5.21. The molecule has 0 aliphatic carbocycles. The Morgan fingerprint density at radius 3 is 2.95 bits per heavy atom. The first kappa shape index (κ1) is 14.3. The highest BCUT2D eigenvalue weighted by molar-refractivity contribution is 5.39. The number of ether oxygens (including phenoxy) is 1. The third-order valence-electron chi connectivity index (χ3n) is 4.19. The van der Waals surface area contributed by atoms with Crippen molar-refractivity contribution in [1.29, 1.82) is 0 Å². The van der Waals surface area contributed by atoms with E-state index in [1.54, 1.807) is 7.11 Å². The summed E-state index contributed by atoms with van der Waals surface area (Å²) in [5.41, 5.74) is 0. The molecule has 7 nitrogen and oxygen atoms in total. The van der Waals surface area contributed by atoms with Crippen molar-refractivity contribution < 1.29 is 4.74 Å². The number of aromatic nitrogens is 3. The molecule has 0 bridgehead atoms. The van der Waals surface area contributed by atoms with E-state index in [0.717, 1.165) is 38.5 Å². The fraction of sp³-hybridized carbons (Fsp3) is 0.786. The van der Waals surface area contributed by atoms with Gasteiger partial charge in [-0.3, -0.25) is 4.90 Å². The molecule has 1 N–H and O–H groups in total. The largest absolute Gasteiger partial charge is 0.467 e. The Bertz CT molecular complexity index is 483. The maximum Gasteiger partial charge on any atom is 0.322 e. The molecule has 1 unspecified atom stereocenters. The molecule has 3 heterocycles. The van der Waals surface area contributed by atoms with Crippen LogP contribution >= 0.6 is 0 Å². The van der Waals surface area contributed by atoms with Crippen LogP contribution in [0.1, 0.15) is 26.2 Å². The van der Waals surface area contributed by atoms with Gasteiger partial charge in [-0.15, -0.1) is 0 Å². The van der Waals surface area contributed by atoms with Gasteiger partial charge in [0.15, 0.2) is 0 Å². The van der Waals surface area contributed by atoms with Crippen LogP contribution in [0.4, 0.5) is 11.9 Å². The van der Waals surface area contributed by atoms with Crippen LogP contribution in [0.3, 0.4) is 0 Å². The fourth-order valence-corrected chi connectivity index (χ4v) is 3.07. The first-order valence-corrected chi connectivity index (χ1v) is 7.83. The van der Waals surface area contributed by atoms with Crippen molar-refractivity contribution in [2.75, 3.05) is 50.1 Å². The van der Waals surface area contributed by atoms with E-state index < -0.39 is 0 Å². The van der Waals surface area contributed by atoms with E-state index in [1.807, 2.05) is 0 Å². The van der Waals surface area contributed by atoms with Crippen molar-refractivity contribution >= 4 is 11.9 Å². The van der Waals surface area contributed by atoms with Crippen LogP contribution in [0, 0.1) is 0 Å². The zero-order chi connectivity index (χ0) is 14.7. The zero-order valence-corrected chi connectivity index (χ0v) is 12.9. The van der Waals surface area contributed by atoms with Gasteiger partial charge in [0.1, 0.15) is 0 Å². The van der Waals surface area contributed by atoms with Crippen LogP contribution in [0.5, 0.6) is 6.01 Å². The molecular weight excluding hydrogens is 268 g/mol. The minimum Gasteiger partial charge on any atom is -0.467 e. The molecule has 1 aromatic heterocycles. The number of hydrogen-bond acceptors (Lipinski definition) is 7. The van der Waals surface area contributed by atoms with Gasteiger partial charge in [0.2, 0.25) is 11.9 Å². The molecule has 2 fully saturated rings. The van der Waals surface area contributed by atoms with Crippen molar-refractivity contribution in [3.05, 3.63) is 0 Å². The molecule has 116 valence electrons. The summed E-state index contributed by atoms with van der Waals surface area (Å²) < 4.78 is 5.21. The molecule has 0 spiro atoms. The number of nitrogens with zero attached hydrogens (tertiary/aromatic N) is 5. The summed E-state index contributed by atoms with van der Waals surface area (Å²) in [6.07, 6.45) is 3.62. The van der Waals surface area contributed by atoms with Gasteiger partial charge in [0.05, 0.1) is 7.11 Å². The summed E-state index contributed by atoms with van der Waals surface area (Å²) >= 11 is 0. The van der Waals surface area contributed by atoms with Crippen LogP contribution in [-0.2, 0) is 0 Å². The van der Waals surface area contributed by atoms with E-state index in [4.69, 9.17) is 4.74 Å². The molecule has 0 saturated carbocycles. The third kappa shape index (κ3) is 3.18. The van der Waals surface area contributed by atoms with Crippen molar-refractivity contribution in [1.82, 2.24) is 19.9 Å². The lowest BCUT2D eigenvalue weighted by Crippen LogP contribution is -2.50. The molecule has 1 aromatic rings. The quantitative estimate of drug-likeness (QED) is 0.868. The number of nitrogens with one attached hydrogen (secondary N) is 1. The number of methoxy groups -OCH3 is 1. The SMILES string of the molecule is CCCNc1nc(OC)nc(N2CCN3CCCC3C2)n1. The standard InChI is InChI=1S/C14H24N6O/c1-3-6-15-12-16-13(18-14(17-12)21-2)20-9-8-19-7-4-5-11(19)10-20/h11H,3-10H2,1-2H3,(H,15,16,17,18). The molecule has 7 heteroatoms. The predicted molar refractivity (Wildman–Crippen MR) is 82.0 cm³/mol. The summed E-state index contributed by atoms with van der Waals surface area (Å²) in [7, 11) is 1.59. The Hall–Kier alpha value is -1.63. The van der Waals surface area contributed by atoms with Crippen LogP contribution in [0.25, 0.3) is 0 Å². The molecular formula is C14H24N6O. The van der Waals surface area contributed by atoms with Gasteiger partial charge in [-0.2, -0.15) is 15.0 Å². The zero-order valence-electron chi connectivity index (χ0n) is 12.9. The Labute approximate surface area is 125 Å². The first-order chi connectivity index (χ1) is 10.3. The van der Waals surface area contributed by atoms with E-state index in [1.165, 1.54) is 19.4 Å². The molecule has 0 radical (unpaired) electrons. The lowest BCUT2D eigenvalue weighted by atomic mass is 10.2. The van der Waals surface area contributed by atoms with Gasteiger partial charge in [-0.1, -0.05) is 6.92 Å². The second kappa shape index (κ2) is 6.43. The van der Waals surface area contributed by atoms with Crippen molar-refractivity contribution in [3.63, 3.8) is 0 Å². The molecule has 2 aliphatic heterocycles. The minimum absolute atomic E-state index is 0.382. The molecule has 21 heavy (non-hydrogen) atoms. The molecule has 0 aromatic carbocycles. The Balaban J connectivity index is 1.76. The maximum absolute atomic E-state index is 5.21. The third-order valence-corrected chi connectivity index (χ3v) is 4.19. The van der Waals surface area contributed by atoms with Crippen molar-refractivity contribution in [2.24, 2.45) is 0 Å². The van der Waals surface area contributed by atoms with Crippen LogP contribution < -0.4 is 15.0 Å². The summed E-state index contributed by atoms with van der Waals surface area (Å²) in [6.45, 7) is 7.27. The normalized spacial score (nSPS) is 22.2. The van der Waals surface area contributed by atoms with Gasteiger partial charge in [0, 0.05) is 32.2 Å². The van der Waals surface area contributed by atoms with Gasteiger partial charge < -0.3 is 15.0 Å². The van der Waals surface area contributed by atoms with E-state index >= 15 is 0 Å². The van der Waals surface area contributed by atoms with Gasteiger partial charge in [0.25, 0.3) is 0 Å². The monoisotopic (exact) mass is 292 g/mol. The summed E-state index contributed by atoms with van der Waals surface area (Å²) in [4.78, 5) is 18.1. The number of fused-ring (bicyclic) bond motifs is 1. The molecule has 3 rings (SSSR count). The van der Waals surface area contributed by atoms with Gasteiger partial charge in [-0.25, -0.2) is 0 Å². The van der Waals surface area contributed by atoms with E-state index in [2.05, 4.69) is 37.0 Å². The summed E-state index contributed by atoms with van der Waals surface area (Å²) in [5.74, 6) is 1.33. The second-order valence-electron chi connectivity index (χ2n) is 5.65. The second-order valence-corrected chi connectivity index (χ2v) is 5.65. The highest BCUT2D eigenvalue weighted by Gasteiger charge is 2.31. The van der Waals surface area contributed by atoms with E-state index in [0.29, 0.717) is 18.0 Å². The first-order valence-electron chi connectivity index (χ1n) is 7.83. The smallest absolute Gasteiger partial charge is 0.322 e. The highest BCUT2D eigenvalue weighted by Crippen LogP contribution is 2.24. The number of rotatable bonds is 5. The molecule has 0 amide bonds. The topological polar surface area (TPSA) is 66.4 Å². The van der Waals surface area contributed by atoms with E-state index in [-0.39, 0.29) is 0 Å². The van der Waals surface area contributed by atoms with Gasteiger partial charge >= 0.3 is 6.01 Å². The number of anilines is 2. The van der Waals surface area contributed by atoms with Crippen molar-refractivity contribution in [2.45, 2.75) is 32.2 Å². The Morgan fingerprint density at radius 2 is 2.14 bits per heavy atom. The lowest BCUT2D eigenvalue weighted by molar-refractivity contribution is 0.229. The number of piperazine rings is 1. The summed E-state index contributed by atoms with van der Waals surface area (Å²) in [6, 6.07) is 1.03. The lowest BCUT2D eigenvalue weighted by Gasteiger charge is -2.37. The van der Waals surface area contributed by atoms with Crippen LogP contribution in [0.2, 0.25) is 0 Å². The van der Waals surface area contributed by atoms with Gasteiger partial charge in [-0.05, 0) is 25.8 Å². The predicted octanol–water partition coefficient (Wildman–Crippen LogP) is 0.986.